The maximum absolute atomic E-state index is 12.7. The summed E-state index contributed by atoms with van der Waals surface area (Å²) in [7, 11) is 0. The molecule has 1 aliphatic carbocycles. The van der Waals surface area contributed by atoms with Crippen LogP contribution in [0.2, 0.25) is 0 Å². The van der Waals surface area contributed by atoms with Crippen molar-refractivity contribution in [2.45, 2.75) is 38.3 Å². The van der Waals surface area contributed by atoms with E-state index in [0.29, 0.717) is 22.5 Å². The summed E-state index contributed by atoms with van der Waals surface area (Å²) in [5.74, 6) is -1.02. The van der Waals surface area contributed by atoms with Gasteiger partial charge in [-0.05, 0) is 12.8 Å². The Morgan fingerprint density at radius 1 is 1.32 bits per heavy atom. The van der Waals surface area contributed by atoms with Gasteiger partial charge in [-0.1, -0.05) is 24.2 Å². The molecule has 2 aromatic rings. The number of nitrogens with zero attached hydrogens (tertiary/aromatic N) is 4. The Balaban J connectivity index is 1.60. The SMILES string of the molecule is O=C(NCCc1nn2c(C(F)(F)F)nnc2s1)C1CCCC1. The van der Waals surface area contributed by atoms with E-state index in [-0.39, 0.29) is 16.8 Å². The van der Waals surface area contributed by atoms with Crippen LogP contribution in [0.4, 0.5) is 13.2 Å². The molecule has 1 saturated carbocycles. The number of fused-ring (bicyclic) bond motifs is 1. The minimum atomic E-state index is -4.58. The average Bonchev–Trinajstić information content (AvgIpc) is 3.13. The Morgan fingerprint density at radius 2 is 2.05 bits per heavy atom. The van der Waals surface area contributed by atoms with Gasteiger partial charge in [-0.3, -0.25) is 4.79 Å². The van der Waals surface area contributed by atoms with Crippen molar-refractivity contribution < 1.29 is 18.0 Å². The van der Waals surface area contributed by atoms with Crippen LogP contribution in [0.25, 0.3) is 4.96 Å². The predicted octanol–water partition coefficient (Wildman–Crippen LogP) is 2.05. The van der Waals surface area contributed by atoms with Gasteiger partial charge in [-0.2, -0.15) is 22.8 Å². The first-order valence-corrected chi connectivity index (χ1v) is 7.83. The fourth-order valence-electron chi connectivity index (χ4n) is 2.56. The van der Waals surface area contributed by atoms with Crippen molar-refractivity contribution in [1.82, 2.24) is 25.1 Å². The molecule has 1 amide bonds. The van der Waals surface area contributed by atoms with Crippen molar-refractivity contribution in [1.29, 1.82) is 0 Å². The summed E-state index contributed by atoms with van der Waals surface area (Å²) in [4.78, 5) is 11.9. The summed E-state index contributed by atoms with van der Waals surface area (Å²) >= 11 is 1.05. The van der Waals surface area contributed by atoms with Crippen molar-refractivity contribution in [3.63, 3.8) is 0 Å². The molecular weight excluding hydrogens is 319 g/mol. The minimum absolute atomic E-state index is 0.0245. The van der Waals surface area contributed by atoms with Crippen LogP contribution in [0, 0.1) is 5.92 Å². The lowest BCUT2D eigenvalue weighted by Gasteiger charge is -2.09. The summed E-state index contributed by atoms with van der Waals surface area (Å²) in [5, 5.41) is 13.7. The molecule has 2 aromatic heterocycles. The quantitative estimate of drug-likeness (QED) is 0.929. The van der Waals surface area contributed by atoms with Gasteiger partial charge in [-0.15, -0.1) is 10.2 Å². The Bertz CT molecular complexity index is 674. The topological polar surface area (TPSA) is 72.2 Å². The van der Waals surface area contributed by atoms with Crippen LogP contribution in [0.1, 0.15) is 36.5 Å². The molecule has 2 heterocycles. The Labute approximate surface area is 127 Å². The molecule has 0 spiro atoms. The van der Waals surface area contributed by atoms with E-state index in [1.807, 2.05) is 0 Å². The molecule has 0 bridgehead atoms. The third-order valence-corrected chi connectivity index (χ3v) is 4.61. The zero-order valence-electron chi connectivity index (χ0n) is 11.6. The van der Waals surface area contributed by atoms with Crippen LogP contribution >= 0.6 is 11.3 Å². The molecule has 0 unspecified atom stereocenters. The second-order valence-electron chi connectivity index (χ2n) is 5.23. The zero-order valence-corrected chi connectivity index (χ0v) is 12.4. The van der Waals surface area contributed by atoms with Gasteiger partial charge in [0, 0.05) is 18.9 Å². The van der Waals surface area contributed by atoms with Crippen molar-refractivity contribution >= 4 is 22.2 Å². The number of amides is 1. The van der Waals surface area contributed by atoms with Crippen LogP contribution in [0.5, 0.6) is 0 Å². The summed E-state index contributed by atoms with van der Waals surface area (Å²) < 4.78 is 38.7. The maximum atomic E-state index is 12.7. The summed E-state index contributed by atoms with van der Waals surface area (Å²) in [5.41, 5.74) is 0. The van der Waals surface area contributed by atoms with Crippen LogP contribution in [0.3, 0.4) is 0 Å². The molecular formula is C12H14F3N5OS. The summed E-state index contributed by atoms with van der Waals surface area (Å²) in [6, 6.07) is 0. The van der Waals surface area contributed by atoms with E-state index in [4.69, 9.17) is 0 Å². The third-order valence-electron chi connectivity index (χ3n) is 3.65. The predicted molar refractivity (Wildman–Crippen MR) is 72.3 cm³/mol. The van der Waals surface area contributed by atoms with Gasteiger partial charge in [0.2, 0.25) is 10.9 Å². The highest BCUT2D eigenvalue weighted by Gasteiger charge is 2.38. The van der Waals surface area contributed by atoms with E-state index >= 15 is 0 Å². The Morgan fingerprint density at radius 3 is 2.73 bits per heavy atom. The van der Waals surface area contributed by atoms with Gasteiger partial charge >= 0.3 is 6.18 Å². The molecule has 22 heavy (non-hydrogen) atoms. The molecule has 1 N–H and O–H groups in total. The largest absolute Gasteiger partial charge is 0.453 e. The first kappa shape index (κ1) is 15.2. The fourth-order valence-corrected chi connectivity index (χ4v) is 3.39. The van der Waals surface area contributed by atoms with E-state index in [2.05, 4.69) is 20.6 Å². The second kappa shape index (κ2) is 5.82. The van der Waals surface area contributed by atoms with Gasteiger partial charge in [-0.25, -0.2) is 0 Å². The van der Waals surface area contributed by atoms with Gasteiger partial charge in [0.1, 0.15) is 5.01 Å². The maximum Gasteiger partial charge on any atom is 0.453 e. The van der Waals surface area contributed by atoms with E-state index in [1.165, 1.54) is 0 Å². The van der Waals surface area contributed by atoms with E-state index in [1.54, 1.807) is 0 Å². The van der Waals surface area contributed by atoms with Crippen LogP contribution in [-0.4, -0.2) is 32.3 Å². The first-order valence-electron chi connectivity index (χ1n) is 7.01. The van der Waals surface area contributed by atoms with E-state index < -0.39 is 12.0 Å². The third kappa shape index (κ3) is 3.06. The van der Waals surface area contributed by atoms with Gasteiger partial charge in [0.25, 0.3) is 5.82 Å². The molecule has 0 saturated heterocycles. The monoisotopic (exact) mass is 333 g/mol. The molecule has 0 aromatic carbocycles. The van der Waals surface area contributed by atoms with Gasteiger partial charge in [0.15, 0.2) is 0 Å². The molecule has 3 rings (SSSR count). The smallest absolute Gasteiger partial charge is 0.355 e. The molecule has 1 fully saturated rings. The first-order chi connectivity index (χ1) is 10.4. The molecule has 0 atom stereocenters. The highest BCUT2D eigenvalue weighted by Crippen LogP contribution is 2.29. The molecule has 1 aliphatic rings. The average molecular weight is 333 g/mol. The van der Waals surface area contributed by atoms with Crippen LogP contribution in [-0.2, 0) is 17.4 Å². The standard InChI is InChI=1S/C12H14F3N5OS/c13-12(14,15)10-17-18-11-20(10)19-8(22-11)5-6-16-9(21)7-3-1-2-4-7/h7H,1-6H2,(H,16,21). The van der Waals surface area contributed by atoms with E-state index in [0.717, 1.165) is 37.0 Å². The number of carbonyl (C=O) groups is 1. The molecule has 10 heteroatoms. The fraction of sp³-hybridized carbons (Fsp3) is 0.667. The van der Waals surface area contributed by atoms with Crippen molar-refractivity contribution in [2.24, 2.45) is 5.92 Å². The Kier molecular flexibility index (Phi) is 4.02. The van der Waals surface area contributed by atoms with E-state index in [9.17, 15) is 18.0 Å². The summed E-state index contributed by atoms with van der Waals surface area (Å²) in [6.45, 7) is 0.362. The summed E-state index contributed by atoms with van der Waals surface area (Å²) in [6.07, 6.45) is -0.218. The zero-order chi connectivity index (χ0) is 15.7. The number of rotatable bonds is 4. The number of carbonyl (C=O) groups excluding carboxylic acids is 1. The number of aromatic nitrogens is 4. The molecule has 0 radical (unpaired) electrons. The Hall–Kier alpha value is -1.71. The van der Waals surface area contributed by atoms with Gasteiger partial charge < -0.3 is 5.32 Å². The molecule has 6 nitrogen and oxygen atoms in total. The highest BCUT2D eigenvalue weighted by atomic mass is 32.1. The minimum Gasteiger partial charge on any atom is -0.355 e. The second-order valence-corrected chi connectivity index (χ2v) is 6.27. The van der Waals surface area contributed by atoms with Crippen molar-refractivity contribution in [2.75, 3.05) is 6.54 Å². The lowest BCUT2D eigenvalue weighted by molar-refractivity contribution is -0.146. The van der Waals surface area contributed by atoms with Crippen LogP contribution in [0.15, 0.2) is 0 Å². The van der Waals surface area contributed by atoms with Gasteiger partial charge in [0.05, 0.1) is 0 Å². The number of alkyl halides is 3. The highest BCUT2D eigenvalue weighted by molar-refractivity contribution is 7.16. The number of hydrogen-bond acceptors (Lipinski definition) is 5. The lowest BCUT2D eigenvalue weighted by Crippen LogP contribution is -2.30. The van der Waals surface area contributed by atoms with Crippen molar-refractivity contribution in [3.05, 3.63) is 10.8 Å². The number of nitrogens with one attached hydrogen (secondary N) is 1. The lowest BCUT2D eigenvalue weighted by atomic mass is 10.1. The number of hydrogen-bond donors (Lipinski definition) is 1. The van der Waals surface area contributed by atoms with Crippen LogP contribution < -0.4 is 5.32 Å². The molecule has 0 aliphatic heterocycles. The van der Waals surface area contributed by atoms with Crippen molar-refractivity contribution in [3.8, 4) is 0 Å². The number of halogens is 3. The normalized spacial score (nSPS) is 16.5. The molecule has 120 valence electrons.